The molecule has 0 aliphatic rings. The van der Waals surface area contributed by atoms with E-state index >= 15 is 0 Å². The number of hydrogen-bond acceptors (Lipinski definition) is 5. The summed E-state index contributed by atoms with van der Waals surface area (Å²) >= 11 is 5.96. The quantitative estimate of drug-likeness (QED) is 0.238. The molecule has 13 heteroatoms. The lowest BCUT2D eigenvalue weighted by molar-refractivity contribution is 0.0953. The first-order valence-electron chi connectivity index (χ1n) is 11.7. The molecule has 10 nitrogen and oxygen atoms in total. The fraction of sp³-hybridized carbons (Fsp3) is 0.192. The molecule has 0 heterocycles. The van der Waals surface area contributed by atoms with Gasteiger partial charge in [0.05, 0.1) is 10.6 Å². The van der Waals surface area contributed by atoms with E-state index in [9.17, 15) is 27.2 Å². The van der Waals surface area contributed by atoms with Crippen molar-refractivity contribution in [2.24, 2.45) is 0 Å². The average molecular weight is 576 g/mol. The molecule has 3 rings (SSSR count). The van der Waals surface area contributed by atoms with Crippen LogP contribution in [0.1, 0.15) is 27.9 Å². The third kappa shape index (κ3) is 8.69. The lowest BCUT2D eigenvalue weighted by Crippen LogP contribution is -2.40. The lowest BCUT2D eigenvalue weighted by atomic mass is 10.2. The van der Waals surface area contributed by atoms with Crippen molar-refractivity contribution < 1.29 is 27.2 Å². The monoisotopic (exact) mass is 575 g/mol. The number of nitrogens with one attached hydrogen (secondary N) is 5. The number of aryl methyl sites for hydroxylation is 2. The zero-order chi connectivity index (χ0) is 28.6. The van der Waals surface area contributed by atoms with Crippen LogP contribution in [0.25, 0.3) is 0 Å². The SMILES string of the molecule is Cc1cccc(S(=O)(=O)NC(=O)NCCCNC(=O)c2ccc(NC(=O)Nc3ccc(Cl)c(C)c3)c(F)c2)c1. The smallest absolute Gasteiger partial charge is 0.328 e. The number of carbonyl (C=O) groups is 3. The molecule has 3 aromatic carbocycles. The molecule has 0 bridgehead atoms. The molecule has 0 aliphatic carbocycles. The van der Waals surface area contributed by atoms with Crippen molar-refractivity contribution in [2.45, 2.75) is 25.2 Å². The Balaban J connectivity index is 1.41. The molecule has 206 valence electrons. The zero-order valence-electron chi connectivity index (χ0n) is 21.1. The minimum absolute atomic E-state index is 0.0294. The number of hydrogen-bond donors (Lipinski definition) is 5. The van der Waals surface area contributed by atoms with Crippen molar-refractivity contribution in [2.75, 3.05) is 23.7 Å². The number of benzene rings is 3. The highest BCUT2D eigenvalue weighted by molar-refractivity contribution is 7.90. The van der Waals surface area contributed by atoms with Gasteiger partial charge < -0.3 is 21.3 Å². The normalized spacial score (nSPS) is 10.9. The summed E-state index contributed by atoms with van der Waals surface area (Å²) in [5.74, 6) is -1.37. The first-order valence-corrected chi connectivity index (χ1v) is 13.6. The Bertz CT molecular complexity index is 1500. The average Bonchev–Trinajstić information content (AvgIpc) is 2.87. The fourth-order valence-corrected chi connectivity index (χ4v) is 4.51. The Hall–Kier alpha value is -4.16. The van der Waals surface area contributed by atoms with E-state index < -0.39 is 33.8 Å². The van der Waals surface area contributed by atoms with E-state index in [1.165, 1.54) is 24.3 Å². The maximum absolute atomic E-state index is 14.5. The molecule has 5 N–H and O–H groups in total. The van der Waals surface area contributed by atoms with Crippen molar-refractivity contribution >= 4 is 51.0 Å². The summed E-state index contributed by atoms with van der Waals surface area (Å²) < 4.78 is 40.9. The molecule has 0 unspecified atom stereocenters. The summed E-state index contributed by atoms with van der Waals surface area (Å²) in [6.07, 6.45) is 0.288. The van der Waals surface area contributed by atoms with Gasteiger partial charge in [0.25, 0.3) is 15.9 Å². The number of urea groups is 2. The number of rotatable bonds is 9. The Morgan fingerprint density at radius 1 is 0.872 bits per heavy atom. The van der Waals surface area contributed by atoms with Crippen LogP contribution in [0.2, 0.25) is 5.02 Å². The number of sulfonamides is 1. The molecule has 39 heavy (non-hydrogen) atoms. The summed E-state index contributed by atoms with van der Waals surface area (Å²) in [5, 5.41) is 10.5. The van der Waals surface area contributed by atoms with Crippen molar-refractivity contribution in [3.05, 3.63) is 88.2 Å². The Kier molecular flexibility index (Phi) is 9.85. The van der Waals surface area contributed by atoms with Crippen LogP contribution in [0.4, 0.5) is 25.4 Å². The summed E-state index contributed by atoms with van der Waals surface area (Å²) in [6, 6.07) is 13.0. The van der Waals surface area contributed by atoms with Crippen molar-refractivity contribution in [1.29, 1.82) is 0 Å². The van der Waals surface area contributed by atoms with Crippen molar-refractivity contribution in [3.63, 3.8) is 0 Å². The van der Waals surface area contributed by atoms with Gasteiger partial charge in [0, 0.05) is 29.4 Å². The first kappa shape index (κ1) is 29.4. The molecule has 0 fully saturated rings. The molecule has 0 aliphatic heterocycles. The van der Waals surface area contributed by atoms with E-state index in [0.29, 0.717) is 10.7 Å². The van der Waals surface area contributed by atoms with Crippen LogP contribution >= 0.6 is 11.6 Å². The van der Waals surface area contributed by atoms with Crippen LogP contribution in [0, 0.1) is 19.7 Å². The first-order chi connectivity index (χ1) is 18.4. The molecule has 5 amide bonds. The van der Waals surface area contributed by atoms with Crippen LogP contribution in [0.15, 0.2) is 65.6 Å². The van der Waals surface area contributed by atoms with Gasteiger partial charge in [-0.05, 0) is 79.9 Å². The Morgan fingerprint density at radius 3 is 2.31 bits per heavy atom. The van der Waals surface area contributed by atoms with Gasteiger partial charge in [0.2, 0.25) is 0 Å². The van der Waals surface area contributed by atoms with Crippen LogP contribution in [0.3, 0.4) is 0 Å². The molecule has 0 atom stereocenters. The van der Waals surface area contributed by atoms with Crippen molar-refractivity contribution in [3.8, 4) is 0 Å². The van der Waals surface area contributed by atoms with E-state index in [2.05, 4.69) is 21.3 Å². The molecular weight excluding hydrogens is 549 g/mol. The topological polar surface area (TPSA) is 146 Å². The van der Waals surface area contributed by atoms with Crippen LogP contribution in [0.5, 0.6) is 0 Å². The summed E-state index contributed by atoms with van der Waals surface area (Å²) in [6.45, 7) is 3.72. The molecule has 0 aromatic heterocycles. The number of carbonyl (C=O) groups excluding carboxylic acids is 3. The van der Waals surface area contributed by atoms with E-state index in [0.717, 1.165) is 17.2 Å². The second kappa shape index (κ2) is 13.1. The zero-order valence-corrected chi connectivity index (χ0v) is 22.7. The highest BCUT2D eigenvalue weighted by Gasteiger charge is 2.17. The van der Waals surface area contributed by atoms with Gasteiger partial charge in [-0.1, -0.05) is 23.7 Å². The van der Waals surface area contributed by atoms with Gasteiger partial charge in [-0.25, -0.2) is 27.1 Å². The van der Waals surface area contributed by atoms with Gasteiger partial charge in [0.15, 0.2) is 0 Å². The second-order valence-corrected chi connectivity index (χ2v) is 10.6. The Labute approximate surface area is 230 Å². The van der Waals surface area contributed by atoms with E-state index in [1.54, 1.807) is 44.2 Å². The predicted molar refractivity (Wildman–Crippen MR) is 147 cm³/mol. The largest absolute Gasteiger partial charge is 0.352 e. The van der Waals surface area contributed by atoms with E-state index in [-0.39, 0.29) is 35.7 Å². The third-order valence-electron chi connectivity index (χ3n) is 5.35. The summed E-state index contributed by atoms with van der Waals surface area (Å²) in [4.78, 5) is 36.4. The van der Waals surface area contributed by atoms with Crippen LogP contribution in [-0.4, -0.2) is 39.5 Å². The standard InChI is InChI=1S/C26H27ClFN5O5S/c1-16-5-3-6-20(13-16)39(37,38)33-25(35)30-12-4-11-29-24(34)18-7-10-23(22(28)15-18)32-26(36)31-19-8-9-21(27)17(2)14-19/h3,5-10,13-15H,4,11-12H2,1-2H3,(H,29,34)(H2,30,33,35)(H2,31,32,36). The Morgan fingerprint density at radius 2 is 1.62 bits per heavy atom. The maximum atomic E-state index is 14.5. The highest BCUT2D eigenvalue weighted by Crippen LogP contribution is 2.20. The van der Waals surface area contributed by atoms with E-state index in [1.807, 2.05) is 4.72 Å². The molecule has 0 saturated heterocycles. The predicted octanol–water partition coefficient (Wildman–Crippen LogP) is 4.55. The summed E-state index contributed by atoms with van der Waals surface area (Å²) in [7, 11) is -4.01. The minimum atomic E-state index is -4.01. The molecule has 0 saturated carbocycles. The van der Waals surface area contributed by atoms with Crippen molar-refractivity contribution in [1.82, 2.24) is 15.4 Å². The molecule has 0 spiro atoms. The van der Waals surface area contributed by atoms with Crippen LogP contribution < -0.4 is 26.0 Å². The number of anilines is 2. The molecule has 3 aromatic rings. The second-order valence-electron chi connectivity index (χ2n) is 8.53. The van der Waals surface area contributed by atoms with Gasteiger partial charge in [0.1, 0.15) is 5.82 Å². The fourth-order valence-electron chi connectivity index (χ4n) is 3.36. The molecule has 0 radical (unpaired) electrons. The number of halogens is 2. The van der Waals surface area contributed by atoms with Gasteiger partial charge in [-0.2, -0.15) is 0 Å². The van der Waals surface area contributed by atoms with Crippen LogP contribution in [-0.2, 0) is 10.0 Å². The van der Waals surface area contributed by atoms with Gasteiger partial charge in [-0.3, -0.25) is 4.79 Å². The lowest BCUT2D eigenvalue weighted by Gasteiger charge is -2.11. The highest BCUT2D eigenvalue weighted by atomic mass is 35.5. The molecular formula is C26H27ClFN5O5S. The summed E-state index contributed by atoms with van der Waals surface area (Å²) in [5.41, 5.74) is 1.88. The van der Waals surface area contributed by atoms with E-state index in [4.69, 9.17) is 11.6 Å². The minimum Gasteiger partial charge on any atom is -0.352 e. The van der Waals surface area contributed by atoms with Gasteiger partial charge >= 0.3 is 12.1 Å². The number of amides is 5. The van der Waals surface area contributed by atoms with Gasteiger partial charge in [-0.15, -0.1) is 0 Å². The maximum Gasteiger partial charge on any atom is 0.328 e. The third-order valence-corrected chi connectivity index (χ3v) is 7.10.